The van der Waals surface area contributed by atoms with Crippen LogP contribution >= 0.6 is 0 Å². The Labute approximate surface area is 107 Å². The fourth-order valence-electron chi connectivity index (χ4n) is 1.49. The number of hydrogen-bond donors (Lipinski definition) is 2. The first kappa shape index (κ1) is 12.6. The molecule has 0 fully saturated rings. The summed E-state index contributed by atoms with van der Waals surface area (Å²) in [6.07, 6.45) is 1.43. The van der Waals surface area contributed by atoms with E-state index in [1.165, 1.54) is 24.4 Å². The highest BCUT2D eigenvalue weighted by molar-refractivity contribution is 5.98. The van der Waals surface area contributed by atoms with E-state index < -0.39 is 10.8 Å². The lowest BCUT2D eigenvalue weighted by atomic mass is 10.1. The van der Waals surface area contributed by atoms with Crippen LogP contribution in [0.4, 0.5) is 11.4 Å². The third-order valence-corrected chi connectivity index (χ3v) is 2.38. The monoisotopic (exact) mass is 262 g/mol. The van der Waals surface area contributed by atoms with Crippen LogP contribution in [0.3, 0.4) is 0 Å². The summed E-state index contributed by atoms with van der Waals surface area (Å²) in [5.41, 5.74) is 5.40. The summed E-state index contributed by atoms with van der Waals surface area (Å²) in [7, 11) is 0. The summed E-state index contributed by atoms with van der Waals surface area (Å²) in [6.45, 7) is 0.0881. The summed E-state index contributed by atoms with van der Waals surface area (Å²) in [4.78, 5) is 22.1. The number of benzene rings is 1. The van der Waals surface area contributed by atoms with Gasteiger partial charge in [-0.2, -0.15) is 0 Å². The van der Waals surface area contributed by atoms with Gasteiger partial charge in [0.15, 0.2) is 5.76 Å². The molecule has 1 aromatic carbocycles. The number of nitrogens with zero attached hydrogens (tertiary/aromatic N) is 2. The molecule has 2 aromatic rings. The van der Waals surface area contributed by atoms with Gasteiger partial charge in [-0.05, 0) is 12.1 Å². The lowest BCUT2D eigenvalue weighted by Gasteiger charge is -2.04. The Morgan fingerprint density at radius 2 is 2.26 bits per heavy atom. The summed E-state index contributed by atoms with van der Waals surface area (Å²) in [5, 5.41) is 16.8. The minimum Gasteiger partial charge on any atom is -0.399 e. The largest absolute Gasteiger partial charge is 0.399 e. The van der Waals surface area contributed by atoms with Gasteiger partial charge in [0.25, 0.3) is 11.6 Å². The van der Waals surface area contributed by atoms with Gasteiger partial charge in [-0.25, -0.2) is 0 Å². The molecule has 8 heteroatoms. The van der Waals surface area contributed by atoms with Crippen molar-refractivity contribution in [1.29, 1.82) is 0 Å². The van der Waals surface area contributed by atoms with Gasteiger partial charge in [0.05, 0.1) is 17.7 Å². The topological polar surface area (TPSA) is 124 Å². The minimum atomic E-state index is -0.636. The number of amides is 1. The van der Waals surface area contributed by atoms with Crippen molar-refractivity contribution < 1.29 is 14.2 Å². The highest BCUT2D eigenvalue weighted by atomic mass is 16.6. The molecule has 1 heterocycles. The number of nitrogens with one attached hydrogen (secondary N) is 1. The van der Waals surface area contributed by atoms with E-state index in [9.17, 15) is 14.9 Å². The molecule has 1 amide bonds. The second kappa shape index (κ2) is 5.17. The second-order valence-corrected chi connectivity index (χ2v) is 3.70. The summed E-state index contributed by atoms with van der Waals surface area (Å²) in [6, 6.07) is 5.39. The van der Waals surface area contributed by atoms with Crippen molar-refractivity contribution in [2.45, 2.75) is 6.54 Å². The zero-order valence-corrected chi connectivity index (χ0v) is 9.70. The highest BCUT2D eigenvalue weighted by Gasteiger charge is 2.20. The number of rotatable bonds is 4. The summed E-state index contributed by atoms with van der Waals surface area (Å²) in [5.74, 6) is -0.157. The molecular weight excluding hydrogens is 252 g/mol. The molecule has 0 spiro atoms. The maximum Gasteiger partial charge on any atom is 0.282 e. The number of nitrogens with two attached hydrogens (primary N) is 1. The van der Waals surface area contributed by atoms with Crippen molar-refractivity contribution in [2.24, 2.45) is 0 Å². The molecule has 0 unspecified atom stereocenters. The van der Waals surface area contributed by atoms with Gasteiger partial charge in [-0.1, -0.05) is 5.16 Å². The molecule has 0 radical (unpaired) electrons. The number of nitrogen functional groups attached to an aromatic ring is 1. The van der Waals surface area contributed by atoms with Gasteiger partial charge in [-0.15, -0.1) is 0 Å². The van der Waals surface area contributed by atoms with Crippen LogP contribution in [0.25, 0.3) is 0 Å². The highest BCUT2D eigenvalue weighted by Crippen LogP contribution is 2.21. The zero-order valence-electron chi connectivity index (χ0n) is 9.70. The average Bonchev–Trinajstić information content (AvgIpc) is 2.88. The first-order chi connectivity index (χ1) is 9.08. The Hall–Kier alpha value is -2.90. The molecule has 0 bridgehead atoms. The van der Waals surface area contributed by atoms with E-state index in [4.69, 9.17) is 10.3 Å². The molecule has 1 aromatic heterocycles. The molecular formula is C11H10N4O4. The van der Waals surface area contributed by atoms with Crippen molar-refractivity contribution in [3.63, 3.8) is 0 Å². The fourth-order valence-corrected chi connectivity index (χ4v) is 1.49. The number of hydrogen-bond acceptors (Lipinski definition) is 6. The van der Waals surface area contributed by atoms with Gasteiger partial charge in [0, 0.05) is 17.8 Å². The van der Waals surface area contributed by atoms with Crippen molar-refractivity contribution in [1.82, 2.24) is 10.5 Å². The maximum atomic E-state index is 11.9. The van der Waals surface area contributed by atoms with Crippen LogP contribution in [0.5, 0.6) is 0 Å². The minimum absolute atomic E-state index is 0.0881. The summed E-state index contributed by atoms with van der Waals surface area (Å²) < 4.78 is 4.80. The third kappa shape index (κ3) is 2.86. The fraction of sp³-hybridized carbons (Fsp3) is 0.0909. The lowest BCUT2D eigenvalue weighted by molar-refractivity contribution is -0.385. The molecule has 3 N–H and O–H groups in total. The van der Waals surface area contributed by atoms with Crippen molar-refractivity contribution in [3.8, 4) is 0 Å². The van der Waals surface area contributed by atoms with E-state index in [0.717, 1.165) is 0 Å². The van der Waals surface area contributed by atoms with Crippen LogP contribution < -0.4 is 11.1 Å². The molecule has 0 aliphatic carbocycles. The second-order valence-electron chi connectivity index (χ2n) is 3.70. The van der Waals surface area contributed by atoms with E-state index >= 15 is 0 Å². The zero-order chi connectivity index (χ0) is 13.8. The van der Waals surface area contributed by atoms with E-state index in [2.05, 4.69) is 10.5 Å². The Morgan fingerprint density at radius 3 is 2.89 bits per heavy atom. The molecule has 0 saturated heterocycles. The van der Waals surface area contributed by atoms with Crippen LogP contribution in [0.2, 0.25) is 0 Å². The van der Waals surface area contributed by atoms with Crippen LogP contribution in [0.1, 0.15) is 16.1 Å². The van der Waals surface area contributed by atoms with E-state index in [1.54, 1.807) is 6.07 Å². The van der Waals surface area contributed by atoms with E-state index in [1.807, 2.05) is 0 Å². The number of carbonyl (C=O) groups excluding carboxylic acids is 1. The molecule has 19 heavy (non-hydrogen) atoms. The molecule has 2 rings (SSSR count). The quantitative estimate of drug-likeness (QED) is 0.482. The molecule has 8 nitrogen and oxygen atoms in total. The number of anilines is 1. The van der Waals surface area contributed by atoms with Crippen molar-refractivity contribution >= 4 is 17.3 Å². The normalized spacial score (nSPS) is 10.1. The number of aromatic nitrogens is 1. The maximum absolute atomic E-state index is 11.9. The van der Waals surface area contributed by atoms with Crippen LogP contribution in [0, 0.1) is 10.1 Å². The molecule has 0 saturated carbocycles. The summed E-state index contributed by atoms with van der Waals surface area (Å²) >= 11 is 0. The SMILES string of the molecule is Nc1ccc([N+](=O)[O-])c(C(=O)NCc2ccno2)c1. The molecule has 0 aliphatic rings. The molecule has 98 valence electrons. The van der Waals surface area contributed by atoms with Gasteiger partial charge >= 0.3 is 0 Å². The van der Waals surface area contributed by atoms with Crippen LogP contribution in [-0.2, 0) is 6.54 Å². The van der Waals surface area contributed by atoms with Crippen LogP contribution in [-0.4, -0.2) is 16.0 Å². The average molecular weight is 262 g/mol. The van der Waals surface area contributed by atoms with Gasteiger partial charge in [-0.3, -0.25) is 14.9 Å². The van der Waals surface area contributed by atoms with Crippen LogP contribution in [0.15, 0.2) is 35.0 Å². The van der Waals surface area contributed by atoms with Crippen molar-refractivity contribution in [2.75, 3.05) is 5.73 Å². The number of carbonyl (C=O) groups is 1. The number of nitro groups is 1. The smallest absolute Gasteiger partial charge is 0.282 e. The number of nitro benzene ring substituents is 1. The van der Waals surface area contributed by atoms with Gasteiger partial charge in [0.1, 0.15) is 5.56 Å². The van der Waals surface area contributed by atoms with Gasteiger partial charge in [0.2, 0.25) is 0 Å². The molecule has 0 atom stereocenters. The lowest BCUT2D eigenvalue weighted by Crippen LogP contribution is -2.23. The Bertz CT molecular complexity index is 609. The van der Waals surface area contributed by atoms with E-state index in [0.29, 0.717) is 5.76 Å². The first-order valence-electron chi connectivity index (χ1n) is 5.29. The first-order valence-corrected chi connectivity index (χ1v) is 5.29. The predicted molar refractivity (Wildman–Crippen MR) is 65.2 cm³/mol. The Balaban J connectivity index is 2.18. The van der Waals surface area contributed by atoms with Gasteiger partial charge < -0.3 is 15.6 Å². The predicted octanol–water partition coefficient (Wildman–Crippen LogP) is 1.09. The standard InChI is InChI=1S/C11H10N4O4/c12-7-1-2-10(15(17)18)9(5-7)11(16)13-6-8-3-4-14-19-8/h1-5H,6,12H2,(H,13,16). The van der Waals surface area contributed by atoms with Crippen molar-refractivity contribution in [3.05, 3.63) is 51.9 Å². The third-order valence-electron chi connectivity index (χ3n) is 2.38. The Morgan fingerprint density at radius 1 is 1.47 bits per heavy atom. The Kier molecular flexibility index (Phi) is 3.42. The molecule has 0 aliphatic heterocycles. The van der Waals surface area contributed by atoms with E-state index in [-0.39, 0.29) is 23.5 Å².